The Hall–Kier alpha value is -2.79. The van der Waals surface area contributed by atoms with Crippen molar-refractivity contribution >= 4 is 16.9 Å². The quantitative estimate of drug-likeness (QED) is 0.676. The summed E-state index contributed by atoms with van der Waals surface area (Å²) >= 11 is 0. The third-order valence-electron chi connectivity index (χ3n) is 3.96. The lowest BCUT2D eigenvalue weighted by atomic mass is 9.99. The van der Waals surface area contributed by atoms with E-state index in [1.807, 2.05) is 48.7 Å². The molecule has 0 aliphatic heterocycles. The van der Waals surface area contributed by atoms with Gasteiger partial charge in [-0.2, -0.15) is 0 Å². The van der Waals surface area contributed by atoms with Gasteiger partial charge >= 0.3 is 5.97 Å². The first kappa shape index (κ1) is 15.1. The number of carboxylic acid groups (broad SMARTS) is 1. The normalized spacial score (nSPS) is 12.3. The van der Waals surface area contributed by atoms with Gasteiger partial charge in [-0.3, -0.25) is 4.79 Å². The molecule has 0 bridgehead atoms. The number of hydrogen-bond donors (Lipinski definition) is 3. The Kier molecular flexibility index (Phi) is 4.04. The number of aliphatic carboxylic acids is 1. The first-order chi connectivity index (χ1) is 11.1. The fourth-order valence-electron chi connectivity index (χ4n) is 2.80. The highest BCUT2D eigenvalue weighted by molar-refractivity contribution is 5.97. The van der Waals surface area contributed by atoms with Gasteiger partial charge in [0.15, 0.2) is 0 Å². The molecule has 0 aliphatic carbocycles. The van der Waals surface area contributed by atoms with Gasteiger partial charge in [0.2, 0.25) is 0 Å². The van der Waals surface area contributed by atoms with E-state index in [2.05, 4.69) is 4.98 Å². The topological polar surface area (TPSA) is 88.3 Å². The van der Waals surface area contributed by atoms with Crippen molar-refractivity contribution in [2.45, 2.75) is 12.5 Å². The minimum absolute atomic E-state index is 0.282. The zero-order chi connectivity index (χ0) is 16.4. The summed E-state index contributed by atoms with van der Waals surface area (Å²) in [5.74, 6) is -0.210. The van der Waals surface area contributed by atoms with Crippen LogP contribution in [-0.4, -0.2) is 29.2 Å². The van der Waals surface area contributed by atoms with E-state index in [1.165, 1.54) is 0 Å². The third-order valence-corrected chi connectivity index (χ3v) is 3.96. The van der Waals surface area contributed by atoms with E-state index in [4.69, 9.17) is 15.6 Å². The number of rotatable bonds is 5. The van der Waals surface area contributed by atoms with Crippen molar-refractivity contribution in [1.29, 1.82) is 0 Å². The summed E-state index contributed by atoms with van der Waals surface area (Å²) in [6.07, 6.45) is 2.11. The van der Waals surface area contributed by atoms with Crippen LogP contribution < -0.4 is 10.5 Å². The minimum atomic E-state index is -1.000. The van der Waals surface area contributed by atoms with Crippen LogP contribution in [0.3, 0.4) is 0 Å². The van der Waals surface area contributed by atoms with Gasteiger partial charge < -0.3 is 20.6 Å². The molecule has 118 valence electrons. The second-order valence-electron chi connectivity index (χ2n) is 5.39. The van der Waals surface area contributed by atoms with Crippen molar-refractivity contribution in [2.75, 3.05) is 7.11 Å². The third kappa shape index (κ3) is 2.78. The van der Waals surface area contributed by atoms with Crippen LogP contribution in [0.25, 0.3) is 22.0 Å². The van der Waals surface area contributed by atoms with Crippen molar-refractivity contribution in [1.82, 2.24) is 4.98 Å². The molecule has 0 unspecified atom stereocenters. The number of nitrogens with one attached hydrogen (secondary N) is 1. The van der Waals surface area contributed by atoms with Crippen LogP contribution >= 0.6 is 0 Å². The summed E-state index contributed by atoms with van der Waals surface area (Å²) in [6.45, 7) is 0. The van der Waals surface area contributed by atoms with Gasteiger partial charge in [-0.25, -0.2) is 0 Å². The van der Waals surface area contributed by atoms with E-state index >= 15 is 0 Å². The van der Waals surface area contributed by atoms with Gasteiger partial charge in [-0.15, -0.1) is 0 Å². The molecule has 0 aliphatic rings. The molecule has 1 aromatic heterocycles. The molecule has 5 nitrogen and oxygen atoms in total. The smallest absolute Gasteiger partial charge is 0.320 e. The van der Waals surface area contributed by atoms with Crippen LogP contribution in [0.15, 0.2) is 48.7 Å². The fraction of sp³-hybridized carbons (Fsp3) is 0.167. The summed E-state index contributed by atoms with van der Waals surface area (Å²) in [5.41, 5.74) is 9.50. The van der Waals surface area contributed by atoms with Crippen molar-refractivity contribution < 1.29 is 14.6 Å². The molecule has 3 rings (SSSR count). The predicted molar refractivity (Wildman–Crippen MR) is 89.6 cm³/mol. The van der Waals surface area contributed by atoms with E-state index < -0.39 is 12.0 Å². The number of benzene rings is 2. The molecule has 0 spiro atoms. The highest BCUT2D eigenvalue weighted by Crippen LogP contribution is 2.35. The van der Waals surface area contributed by atoms with E-state index in [1.54, 1.807) is 7.11 Å². The molecule has 1 heterocycles. The summed E-state index contributed by atoms with van der Waals surface area (Å²) < 4.78 is 5.44. The molecule has 4 N–H and O–H groups in total. The maximum absolute atomic E-state index is 11.0. The SMILES string of the molecule is COc1ccccc1-c1cccc2c(C[C@H](N)C(=O)O)c[nH]c12. The van der Waals surface area contributed by atoms with Crippen molar-refractivity contribution in [2.24, 2.45) is 5.73 Å². The second kappa shape index (κ2) is 6.14. The molecule has 5 heteroatoms. The number of carboxylic acids is 1. The van der Waals surface area contributed by atoms with Crippen molar-refractivity contribution in [3.63, 3.8) is 0 Å². The summed E-state index contributed by atoms with van der Waals surface area (Å²) in [4.78, 5) is 14.2. The lowest BCUT2D eigenvalue weighted by Crippen LogP contribution is -2.32. The summed E-state index contributed by atoms with van der Waals surface area (Å²) in [6, 6.07) is 12.8. The average molecular weight is 310 g/mol. The van der Waals surface area contributed by atoms with Gasteiger partial charge in [-0.05, 0) is 11.6 Å². The molecule has 3 aromatic rings. The van der Waals surface area contributed by atoms with Crippen LogP contribution in [0.2, 0.25) is 0 Å². The van der Waals surface area contributed by atoms with Crippen LogP contribution in [0.4, 0.5) is 0 Å². The second-order valence-corrected chi connectivity index (χ2v) is 5.39. The molecule has 1 atom stereocenters. The van der Waals surface area contributed by atoms with Crippen LogP contribution in [0.5, 0.6) is 5.75 Å². The van der Waals surface area contributed by atoms with Gasteiger partial charge in [0.25, 0.3) is 0 Å². The Morgan fingerprint density at radius 2 is 1.96 bits per heavy atom. The van der Waals surface area contributed by atoms with E-state index in [0.717, 1.165) is 33.3 Å². The van der Waals surface area contributed by atoms with Gasteiger partial charge in [0, 0.05) is 29.1 Å². The lowest BCUT2D eigenvalue weighted by molar-refractivity contribution is -0.138. The Morgan fingerprint density at radius 1 is 1.22 bits per heavy atom. The minimum Gasteiger partial charge on any atom is -0.496 e. The van der Waals surface area contributed by atoms with Crippen LogP contribution in [-0.2, 0) is 11.2 Å². The van der Waals surface area contributed by atoms with E-state index in [9.17, 15) is 4.79 Å². The molecule has 23 heavy (non-hydrogen) atoms. The van der Waals surface area contributed by atoms with Crippen LogP contribution in [0.1, 0.15) is 5.56 Å². The predicted octanol–water partition coefficient (Wildman–Crippen LogP) is 2.80. The molecule has 0 fully saturated rings. The number of fused-ring (bicyclic) bond motifs is 1. The largest absolute Gasteiger partial charge is 0.496 e. The molecule has 0 saturated heterocycles. The number of methoxy groups -OCH3 is 1. The summed E-state index contributed by atoms with van der Waals surface area (Å²) in [7, 11) is 1.64. The highest BCUT2D eigenvalue weighted by Gasteiger charge is 2.17. The molecule has 0 radical (unpaired) electrons. The highest BCUT2D eigenvalue weighted by atomic mass is 16.5. The first-order valence-corrected chi connectivity index (χ1v) is 7.32. The van der Waals surface area contributed by atoms with Crippen molar-refractivity contribution in [3.8, 4) is 16.9 Å². The molecular formula is C18H18N2O3. The Morgan fingerprint density at radius 3 is 2.70 bits per heavy atom. The number of aromatic amines is 1. The number of nitrogens with two attached hydrogens (primary N) is 1. The Balaban J connectivity index is 2.10. The maximum Gasteiger partial charge on any atom is 0.320 e. The monoisotopic (exact) mass is 310 g/mol. The number of carbonyl (C=O) groups is 1. The van der Waals surface area contributed by atoms with Gasteiger partial charge in [-0.1, -0.05) is 36.4 Å². The molecule has 2 aromatic carbocycles. The zero-order valence-electron chi connectivity index (χ0n) is 12.7. The Bertz CT molecular complexity index is 854. The van der Waals surface area contributed by atoms with E-state index in [0.29, 0.717) is 0 Å². The molecule has 0 amide bonds. The van der Waals surface area contributed by atoms with E-state index in [-0.39, 0.29) is 6.42 Å². The number of aromatic nitrogens is 1. The number of para-hydroxylation sites is 2. The standard InChI is InChI=1S/C18H18N2O3/c1-23-16-8-3-2-5-13(16)14-7-4-6-12-11(10-20-17(12)14)9-15(19)18(21)22/h2-8,10,15,20H,9,19H2,1H3,(H,21,22)/t15-/m0/s1. The Labute approximate surface area is 133 Å². The zero-order valence-corrected chi connectivity index (χ0v) is 12.7. The van der Waals surface area contributed by atoms with Crippen LogP contribution in [0, 0.1) is 0 Å². The molecular weight excluding hydrogens is 292 g/mol. The maximum atomic E-state index is 11.0. The van der Waals surface area contributed by atoms with Crippen molar-refractivity contribution in [3.05, 3.63) is 54.2 Å². The first-order valence-electron chi connectivity index (χ1n) is 7.32. The number of ether oxygens (including phenoxy) is 1. The summed E-state index contributed by atoms with van der Waals surface area (Å²) in [5, 5.41) is 9.98. The number of H-pyrrole nitrogens is 1. The van der Waals surface area contributed by atoms with Gasteiger partial charge in [0.05, 0.1) is 12.6 Å². The fourth-order valence-corrected chi connectivity index (χ4v) is 2.80. The molecule has 0 saturated carbocycles. The lowest BCUT2D eigenvalue weighted by Gasteiger charge is -2.10. The average Bonchev–Trinajstić information content (AvgIpc) is 2.97. The number of hydrogen-bond acceptors (Lipinski definition) is 3. The van der Waals surface area contributed by atoms with Gasteiger partial charge in [0.1, 0.15) is 11.8 Å².